The number of amidine groups is 1. The molecule has 0 aliphatic carbocycles. The lowest BCUT2D eigenvalue weighted by atomic mass is 9.69. The monoisotopic (exact) mass is 567 g/mol. The first-order chi connectivity index (χ1) is 20.2. The van der Waals surface area contributed by atoms with Crippen LogP contribution in [-0.2, 0) is 20.4 Å². The third kappa shape index (κ3) is 6.41. The fourth-order valence-corrected chi connectivity index (χ4v) is 6.17. The van der Waals surface area contributed by atoms with Crippen LogP contribution < -0.4 is 5.73 Å². The molecule has 9 nitrogen and oxygen atoms in total. The van der Waals surface area contributed by atoms with Crippen molar-refractivity contribution >= 4 is 17.6 Å². The molecule has 1 aliphatic heterocycles. The van der Waals surface area contributed by atoms with Crippen LogP contribution in [0.1, 0.15) is 36.0 Å². The van der Waals surface area contributed by atoms with Gasteiger partial charge in [-0.05, 0) is 55.6 Å². The summed E-state index contributed by atoms with van der Waals surface area (Å²) in [6, 6.07) is 30.2. The number of nitrogens with two attached hydrogens (primary N) is 1. The van der Waals surface area contributed by atoms with Gasteiger partial charge in [0.2, 0.25) is 11.8 Å². The molecule has 0 spiro atoms. The smallest absolute Gasteiger partial charge is 0.238 e. The van der Waals surface area contributed by atoms with Gasteiger partial charge in [-0.1, -0.05) is 91.0 Å². The van der Waals surface area contributed by atoms with Gasteiger partial charge in [-0.15, -0.1) is 5.11 Å². The first-order valence-electron chi connectivity index (χ1n) is 14.3. The third-order valence-corrected chi connectivity index (χ3v) is 8.33. The fraction of sp³-hybridized carbons (Fsp3) is 0.364. The maximum atomic E-state index is 14.1. The number of nitrogens with zero attached hydrogens (tertiary/aromatic N) is 5. The summed E-state index contributed by atoms with van der Waals surface area (Å²) in [6.45, 7) is 2.12. The van der Waals surface area contributed by atoms with Gasteiger partial charge >= 0.3 is 0 Å². The Morgan fingerprint density at radius 1 is 0.881 bits per heavy atom. The summed E-state index contributed by atoms with van der Waals surface area (Å²) in [6.07, 6.45) is 1.99. The summed E-state index contributed by atoms with van der Waals surface area (Å²) in [5, 5.41) is 9.90. The zero-order valence-electron chi connectivity index (χ0n) is 24.7. The number of benzene rings is 3. The minimum atomic E-state index is -0.833. The predicted octanol–water partition coefficient (Wildman–Crippen LogP) is 4.25. The Balaban J connectivity index is 1.64. The minimum Gasteiger partial charge on any atom is -0.368 e. The lowest BCUT2D eigenvalue weighted by molar-refractivity contribution is -0.133. The molecule has 4 rings (SSSR count). The lowest BCUT2D eigenvalue weighted by Crippen LogP contribution is -2.50. The van der Waals surface area contributed by atoms with Gasteiger partial charge in [0.1, 0.15) is 12.0 Å². The number of nitrogens with one attached hydrogen (secondary N) is 1. The summed E-state index contributed by atoms with van der Waals surface area (Å²) in [7, 11) is 5.30. The van der Waals surface area contributed by atoms with E-state index in [2.05, 4.69) is 27.2 Å². The van der Waals surface area contributed by atoms with E-state index in [0.717, 1.165) is 29.8 Å². The van der Waals surface area contributed by atoms with Crippen LogP contribution in [0, 0.1) is 5.53 Å². The minimum absolute atomic E-state index is 0.0513. The molecule has 3 aromatic rings. The normalized spacial score (nSPS) is 15.5. The van der Waals surface area contributed by atoms with Crippen LogP contribution in [0.2, 0.25) is 0 Å². The van der Waals surface area contributed by atoms with Crippen molar-refractivity contribution < 1.29 is 9.59 Å². The zero-order chi connectivity index (χ0) is 30.2. The molecule has 0 unspecified atom stereocenters. The molecule has 3 N–H and O–H groups in total. The van der Waals surface area contributed by atoms with Gasteiger partial charge < -0.3 is 15.5 Å². The number of rotatable bonds is 11. The molecule has 3 aromatic carbocycles. The van der Waals surface area contributed by atoms with Crippen LogP contribution in [0.15, 0.2) is 101 Å². The highest BCUT2D eigenvalue weighted by molar-refractivity contribution is 5.94. The first-order valence-corrected chi connectivity index (χ1v) is 14.3. The Kier molecular flexibility index (Phi) is 9.85. The van der Waals surface area contributed by atoms with E-state index in [9.17, 15) is 9.59 Å². The predicted molar refractivity (Wildman–Crippen MR) is 165 cm³/mol. The maximum absolute atomic E-state index is 14.1. The van der Waals surface area contributed by atoms with E-state index >= 15 is 0 Å². The van der Waals surface area contributed by atoms with Gasteiger partial charge in [0, 0.05) is 21.1 Å². The Morgan fingerprint density at radius 3 is 1.83 bits per heavy atom. The molecule has 0 radical (unpaired) electrons. The van der Waals surface area contributed by atoms with Gasteiger partial charge in [-0.2, -0.15) is 5.10 Å². The second-order valence-electron chi connectivity index (χ2n) is 11.2. The number of hydrogen-bond donors (Lipinski definition) is 2. The van der Waals surface area contributed by atoms with E-state index in [1.54, 1.807) is 11.9 Å². The number of likely N-dealkylation sites (N-methyl/N-ethyl adjacent to an activating group) is 2. The highest BCUT2D eigenvalue weighted by Crippen LogP contribution is 2.41. The van der Waals surface area contributed by atoms with E-state index in [1.807, 2.05) is 93.0 Å². The van der Waals surface area contributed by atoms with Crippen molar-refractivity contribution in [2.45, 2.75) is 30.1 Å². The standard InChI is InChI=1S/C33H41N7O2/c1-38(2)31(42)33(27-15-9-5-10-16-27,28-17-11-6-12-18-28)21-24-40-22-19-32(20-23-40,26-13-7-4-8-14-26)30(36-35)37-39(3)25-29(34)41/h4-18,35H,19-25H2,1-3H3,(H2,34,41)/b36-35?,37-30-. The van der Waals surface area contributed by atoms with Crippen molar-refractivity contribution in [2.24, 2.45) is 15.9 Å². The van der Waals surface area contributed by atoms with E-state index in [4.69, 9.17) is 11.3 Å². The number of carbonyl (C=O) groups excluding carboxylic acids is 2. The quantitative estimate of drug-likeness (QED) is 0.156. The number of likely N-dealkylation sites (tertiary alicyclic amines) is 1. The molecule has 1 heterocycles. The Morgan fingerprint density at radius 2 is 1.38 bits per heavy atom. The molecule has 220 valence electrons. The average molecular weight is 568 g/mol. The Hall–Kier alpha value is -4.37. The largest absolute Gasteiger partial charge is 0.368 e. The van der Waals surface area contributed by atoms with Crippen molar-refractivity contribution in [3.63, 3.8) is 0 Å². The van der Waals surface area contributed by atoms with E-state index in [-0.39, 0.29) is 12.5 Å². The summed E-state index contributed by atoms with van der Waals surface area (Å²) in [5.41, 5.74) is 15.0. The number of carbonyl (C=O) groups is 2. The molecule has 9 heteroatoms. The van der Waals surface area contributed by atoms with Gasteiger partial charge in [0.15, 0.2) is 5.84 Å². The maximum Gasteiger partial charge on any atom is 0.238 e. The fourth-order valence-electron chi connectivity index (χ4n) is 6.17. The molecular formula is C33H41N7O2. The van der Waals surface area contributed by atoms with Crippen molar-refractivity contribution in [2.75, 3.05) is 47.3 Å². The molecule has 42 heavy (non-hydrogen) atoms. The van der Waals surface area contributed by atoms with Crippen LogP contribution >= 0.6 is 0 Å². The first kappa shape index (κ1) is 30.6. The van der Waals surface area contributed by atoms with E-state index < -0.39 is 16.7 Å². The molecule has 1 saturated heterocycles. The van der Waals surface area contributed by atoms with Crippen LogP contribution in [0.4, 0.5) is 0 Å². The number of piperidine rings is 1. The van der Waals surface area contributed by atoms with Crippen molar-refractivity contribution in [3.8, 4) is 0 Å². The van der Waals surface area contributed by atoms with E-state index in [1.165, 1.54) is 5.01 Å². The molecule has 1 fully saturated rings. The van der Waals surface area contributed by atoms with Crippen molar-refractivity contribution in [1.82, 2.24) is 14.8 Å². The molecule has 0 bridgehead atoms. The second-order valence-corrected chi connectivity index (χ2v) is 11.2. The SMILES string of the molecule is CN(CC(N)=O)/N=C(\N=N)C1(c2ccccc2)CCN(CCC(C(=O)N(C)C)(c2ccccc2)c2ccccc2)CC1. The van der Waals surface area contributed by atoms with Gasteiger partial charge in [0.05, 0.1) is 5.41 Å². The average Bonchev–Trinajstić information content (AvgIpc) is 3.01. The third-order valence-electron chi connectivity index (χ3n) is 8.33. The molecule has 1 aliphatic rings. The van der Waals surface area contributed by atoms with E-state index in [0.29, 0.717) is 31.6 Å². The molecule has 0 saturated carbocycles. The zero-order valence-corrected chi connectivity index (χ0v) is 24.7. The summed E-state index contributed by atoms with van der Waals surface area (Å²) in [5.74, 6) is -0.0833. The number of hydrogen-bond acceptors (Lipinski definition) is 6. The Bertz CT molecular complexity index is 1330. The molecule has 2 amide bonds. The summed E-state index contributed by atoms with van der Waals surface area (Å²) >= 11 is 0. The summed E-state index contributed by atoms with van der Waals surface area (Å²) < 4.78 is 0. The van der Waals surface area contributed by atoms with Crippen LogP contribution in [0.3, 0.4) is 0 Å². The number of primary amides is 1. The van der Waals surface area contributed by atoms with Crippen molar-refractivity contribution in [3.05, 3.63) is 108 Å². The molecular weight excluding hydrogens is 526 g/mol. The highest BCUT2D eigenvalue weighted by Gasteiger charge is 2.45. The molecule has 0 atom stereocenters. The topological polar surface area (TPSA) is 118 Å². The Labute approximate surface area is 248 Å². The van der Waals surface area contributed by atoms with Crippen LogP contribution in [-0.4, -0.2) is 79.8 Å². The highest BCUT2D eigenvalue weighted by atomic mass is 16.2. The second kappa shape index (κ2) is 13.5. The van der Waals surface area contributed by atoms with Crippen LogP contribution in [0.5, 0.6) is 0 Å². The van der Waals surface area contributed by atoms with Gasteiger partial charge in [-0.3, -0.25) is 14.6 Å². The number of amides is 2. The molecule has 0 aromatic heterocycles. The van der Waals surface area contributed by atoms with Gasteiger partial charge in [-0.25, -0.2) is 5.53 Å². The van der Waals surface area contributed by atoms with Gasteiger partial charge in [0.25, 0.3) is 0 Å². The van der Waals surface area contributed by atoms with Crippen molar-refractivity contribution in [1.29, 1.82) is 5.53 Å². The lowest BCUT2D eigenvalue weighted by Gasteiger charge is -2.43. The number of hydrazone groups is 1. The van der Waals surface area contributed by atoms with Crippen LogP contribution in [0.25, 0.3) is 0 Å². The summed E-state index contributed by atoms with van der Waals surface area (Å²) in [4.78, 5) is 29.6.